The summed E-state index contributed by atoms with van der Waals surface area (Å²) in [5, 5.41) is 43.7. The smallest absolute Gasteiger partial charge is 1.00 e. The van der Waals surface area contributed by atoms with Crippen LogP contribution in [0.4, 0.5) is 14.4 Å². The number of aliphatic hydroxyl groups excluding tert-OH is 2. The van der Waals surface area contributed by atoms with E-state index in [0.717, 1.165) is 16.5 Å². The van der Waals surface area contributed by atoms with Crippen molar-refractivity contribution < 1.29 is 216 Å². The summed E-state index contributed by atoms with van der Waals surface area (Å²) in [6, 6.07) is 25.2. The van der Waals surface area contributed by atoms with Crippen LogP contribution >= 0.6 is 15.9 Å². The van der Waals surface area contributed by atoms with Crippen LogP contribution < -0.4 is 124 Å². The van der Waals surface area contributed by atoms with Gasteiger partial charge in [-0.15, -0.1) is 0 Å². The fourth-order valence-electron chi connectivity index (χ4n) is 6.30. The number of carbonyl (C=O) groups excluding carboxylic acids is 10. The van der Waals surface area contributed by atoms with Gasteiger partial charge in [0.1, 0.15) is 42.2 Å². The predicted molar refractivity (Wildman–Crippen MR) is 362 cm³/mol. The first kappa shape index (κ1) is 107. The number of Topliss-reactive ketones (excluding diaryl/α,β-unsaturated/α-hetero) is 1. The van der Waals surface area contributed by atoms with E-state index < -0.39 is 107 Å². The van der Waals surface area contributed by atoms with E-state index in [1.54, 1.807) is 81.4 Å². The molecule has 0 fully saturated rings. The van der Waals surface area contributed by atoms with Crippen molar-refractivity contribution in [2.45, 2.75) is 224 Å². The number of esters is 5. The van der Waals surface area contributed by atoms with Gasteiger partial charge in [-0.3, -0.25) is 28.8 Å². The van der Waals surface area contributed by atoms with Crippen LogP contribution in [0.2, 0.25) is 0 Å². The molecule has 0 saturated carbocycles. The second kappa shape index (κ2) is 60.9. The molecule has 7 atom stereocenters. The zero-order valence-corrected chi connectivity index (χ0v) is 69.8. The number of ether oxygens (including phenoxy) is 7. The number of nitrogens with one attached hydrogen (secondary N) is 3. The van der Waals surface area contributed by atoms with Crippen LogP contribution in [-0.2, 0) is 94.9 Å². The number of carboxylic acids is 1. The third-order valence-corrected chi connectivity index (χ3v) is 11.9. The molecule has 0 aliphatic rings. The van der Waals surface area contributed by atoms with Crippen molar-refractivity contribution >= 4 is 82.3 Å². The summed E-state index contributed by atoms with van der Waals surface area (Å²) in [4.78, 5) is 125. The van der Waals surface area contributed by atoms with E-state index >= 15 is 0 Å². The Balaban J connectivity index is -0.000000169. The third-order valence-electron chi connectivity index (χ3n) is 11.3. The minimum Gasteiger partial charge on any atom is -1.00 e. The zero-order chi connectivity index (χ0) is 75.5. The Morgan fingerprint density at radius 3 is 1.02 bits per heavy atom. The maximum Gasteiger partial charge on any atom is 1.00 e. The van der Waals surface area contributed by atoms with Gasteiger partial charge >= 0.3 is 157 Å². The van der Waals surface area contributed by atoms with E-state index in [-0.39, 0.29) is 142 Å². The average Bonchev–Trinajstić information content (AvgIpc) is 1.09. The Hall–Kier alpha value is -4.78. The molecule has 0 radical (unpaired) electrons. The fraction of sp³-hybridized carbons (Fsp3) is 0.574. The Morgan fingerprint density at radius 2 is 0.827 bits per heavy atom. The number of halogens is 1. The fourth-order valence-corrected chi connectivity index (χ4v) is 6.68. The van der Waals surface area contributed by atoms with Gasteiger partial charge < -0.3 is 80.9 Å². The maximum atomic E-state index is 12.4. The molecule has 3 amide bonds. The molecular weight excluding hydrogens is 1400 g/mol. The number of benzene rings is 3. The van der Waals surface area contributed by atoms with E-state index in [1.165, 1.54) is 73.7 Å². The van der Waals surface area contributed by atoms with Crippen LogP contribution in [0.15, 0.2) is 91.0 Å². The molecule has 3 rings (SSSR count). The minimum absolute atomic E-state index is 0. The van der Waals surface area contributed by atoms with E-state index in [4.69, 9.17) is 43.6 Å². The van der Waals surface area contributed by atoms with Crippen molar-refractivity contribution in [1.29, 1.82) is 0 Å². The zero-order valence-electron chi connectivity index (χ0n) is 62.9. The molecule has 3 aromatic carbocycles. The molecule has 548 valence electrons. The monoisotopic (exact) mass is 1510 g/mol. The van der Waals surface area contributed by atoms with Gasteiger partial charge in [-0.05, 0) is 132 Å². The molecule has 98 heavy (non-hydrogen) atoms. The van der Waals surface area contributed by atoms with Gasteiger partial charge in [0.15, 0.2) is 17.9 Å². The second-order valence-corrected chi connectivity index (χ2v) is 24.4. The molecule has 0 saturated heterocycles. The number of aliphatic carboxylic acids is 1. The molecule has 0 spiro atoms. The summed E-state index contributed by atoms with van der Waals surface area (Å²) in [5.41, 5.74) is 0.899. The van der Waals surface area contributed by atoms with E-state index in [9.17, 15) is 58.2 Å². The Labute approximate surface area is 674 Å². The summed E-state index contributed by atoms with van der Waals surface area (Å²) in [5.74, 6) is -4.12. The van der Waals surface area contributed by atoms with Crippen LogP contribution in [0.1, 0.15) is 170 Å². The first-order chi connectivity index (χ1) is 44.3. The summed E-state index contributed by atoms with van der Waals surface area (Å²) >= 11 is 3.36. The van der Waals surface area contributed by atoms with Crippen molar-refractivity contribution in [1.82, 2.24) is 20.9 Å². The van der Waals surface area contributed by atoms with Gasteiger partial charge in [0.05, 0.1) is 18.1 Å². The van der Waals surface area contributed by atoms with Gasteiger partial charge in [-0.2, -0.15) is 0 Å². The van der Waals surface area contributed by atoms with E-state index in [1.807, 2.05) is 80.6 Å². The van der Waals surface area contributed by atoms with Crippen LogP contribution in [0.25, 0.3) is 0 Å². The summed E-state index contributed by atoms with van der Waals surface area (Å²) in [7, 11) is 0. The SMILES string of the molecule is BrCc1ccccc1.CC(=O)OC(C)=O.CC(=O)OC(C)C(NC(=O)OC(C)(C)C)C(=O)OCc1ccccc1.CC(=O)[C@@H](NC(=O)OC(C)(C)C)[C@@H](C)O.CC(C)[C@H](C)C(=O)O.CC(O)C(NC(=O)OC(C)(C)C)C(=O)OCc1ccccc1.CCN(CC)CC.O=CO[O-].[H-].[K+].[K+]. The molecule has 0 heterocycles. The van der Waals surface area contributed by atoms with Crippen molar-refractivity contribution in [3.63, 3.8) is 0 Å². The molecule has 0 bridgehead atoms. The number of alkyl carbamates (subject to hydrolysis) is 3. The standard InChI is InChI=1S/C18H25NO6.C16H23NO5.C10H19NO4.C7H7Br.C6H15N.C6H12O2.C4H6O3.CH2O3.2K.H/c1-12(24-13(2)20)15(19-17(22)25-18(3,4)5)16(21)23-11-14-9-7-6-8-10-14;1-11(18)13(17-15(20)22-16(2,3)4)14(19)21-10-12-8-6-5-7-9-12;1-6(12)8(7(2)13)11-9(14)15-10(3,4)5;8-6-7-4-2-1-3-5-7;1-4-7(5-2)6-3;1-4(2)5(3)6(7)8;1-3(5)7-4(2)6;2-1-4-3;;;/h6-10,12,15H,11H2,1-5H3,(H,19,22);5-9,11,13,18H,10H2,1-4H3,(H,17,20);6,8,12H,1-5H3,(H,11,14);1-5H,6H2;4-6H2,1-3H3;4-5H,1-3H3,(H,7,8);1-2H3;1,3H;;;/q;;;;;;;;2*+1;-1/p-1/t;;6-,8+;;;5-;;;;;/m..1..0...../s1. The van der Waals surface area contributed by atoms with Crippen molar-refractivity contribution in [2.24, 2.45) is 11.8 Å². The number of hydrogen-bond donors (Lipinski definition) is 6. The molecule has 6 N–H and O–H groups in total. The maximum absolute atomic E-state index is 12.4. The third kappa shape index (κ3) is 67.1. The summed E-state index contributed by atoms with van der Waals surface area (Å²) in [6.45, 7) is 40.2. The second-order valence-electron chi connectivity index (χ2n) is 23.9. The van der Waals surface area contributed by atoms with Gasteiger partial charge in [-0.25, -0.2) is 24.0 Å². The van der Waals surface area contributed by atoms with Crippen LogP contribution in [0.5, 0.6) is 0 Å². The number of carboxylic acid groups (broad SMARTS) is 1. The number of amides is 3. The number of aliphatic hydroxyl groups is 2. The first-order valence-electron chi connectivity index (χ1n) is 30.7. The van der Waals surface area contributed by atoms with Crippen LogP contribution in [-0.4, -0.2) is 159 Å². The number of rotatable bonds is 21. The molecule has 3 aromatic rings. The topological polar surface area (TPSA) is 385 Å². The number of ketones is 1. The summed E-state index contributed by atoms with van der Waals surface area (Å²) < 4.78 is 34.5. The quantitative estimate of drug-likeness (QED) is 0.0130. The average molecular weight is 1510 g/mol. The minimum atomic E-state index is -1.18. The number of hydrogen-bond acceptors (Lipinski definition) is 23. The van der Waals surface area contributed by atoms with Crippen molar-refractivity contribution in [3.8, 4) is 0 Å². The van der Waals surface area contributed by atoms with Crippen LogP contribution in [0, 0.1) is 11.8 Å². The van der Waals surface area contributed by atoms with Crippen molar-refractivity contribution in [3.05, 3.63) is 108 Å². The van der Waals surface area contributed by atoms with E-state index in [2.05, 4.69) is 79.3 Å². The Morgan fingerprint density at radius 1 is 0.531 bits per heavy atom. The van der Waals surface area contributed by atoms with Crippen LogP contribution in [0.3, 0.4) is 0 Å². The van der Waals surface area contributed by atoms with Crippen molar-refractivity contribution in [2.75, 3.05) is 19.6 Å². The normalized spacial score (nSPS) is 12.2. The predicted octanol–water partition coefficient (Wildman–Crippen LogP) is 3.37. The Kier molecular flexibility index (Phi) is 66.3. The molecular formula is C68H109BrK2N4O23. The molecule has 4 unspecified atom stereocenters. The molecule has 0 aromatic heterocycles. The molecule has 30 heteroatoms. The van der Waals surface area contributed by atoms with Gasteiger partial charge in [0.2, 0.25) is 0 Å². The van der Waals surface area contributed by atoms with E-state index in [0.29, 0.717) is 0 Å². The Bertz CT molecular complexity index is 2660. The number of carbonyl (C=O) groups is 11. The van der Waals surface area contributed by atoms with Gasteiger partial charge in [0.25, 0.3) is 6.47 Å². The number of nitrogens with zero attached hydrogens (tertiary/aromatic N) is 1. The number of alkyl halides is 1. The largest absolute Gasteiger partial charge is 1.00 e. The van der Waals surface area contributed by atoms with Gasteiger partial charge in [-0.1, -0.05) is 148 Å². The molecule has 27 nitrogen and oxygen atoms in total. The summed E-state index contributed by atoms with van der Waals surface area (Å²) in [6.07, 6.45) is -5.23. The first-order valence-corrected chi connectivity index (χ1v) is 31.8. The molecule has 0 aliphatic carbocycles. The molecule has 0 aliphatic heterocycles. The van der Waals surface area contributed by atoms with Gasteiger partial charge in [0, 0.05) is 26.1 Å².